The number of hydrogen-bond donors (Lipinski definition) is 1. The molecule has 4 rings (SSSR count). The normalized spacial score (nSPS) is 10.7. The van der Waals surface area contributed by atoms with E-state index in [0.717, 1.165) is 32.2 Å². The number of amides is 1. The van der Waals surface area contributed by atoms with Gasteiger partial charge in [-0.15, -0.1) is 0 Å². The quantitative estimate of drug-likeness (QED) is 0.591. The van der Waals surface area contributed by atoms with E-state index in [-0.39, 0.29) is 5.91 Å². The van der Waals surface area contributed by atoms with Gasteiger partial charge in [0.15, 0.2) is 0 Å². The Balaban J connectivity index is 1.47. The number of thiazole rings is 1. The van der Waals surface area contributed by atoms with Crippen molar-refractivity contribution < 1.29 is 4.79 Å². The van der Waals surface area contributed by atoms with Crippen molar-refractivity contribution in [2.45, 2.75) is 6.42 Å². The Labute approximate surface area is 149 Å². The zero-order valence-corrected chi connectivity index (χ0v) is 14.2. The first-order valence-electron chi connectivity index (χ1n) is 7.94. The van der Waals surface area contributed by atoms with Crippen LogP contribution in [0.25, 0.3) is 20.9 Å². The molecule has 0 unspecified atom stereocenters. The Kier molecular flexibility index (Phi) is 4.23. The third kappa shape index (κ3) is 3.56. The fourth-order valence-corrected chi connectivity index (χ4v) is 3.49. The Morgan fingerprint density at radius 1 is 0.960 bits per heavy atom. The van der Waals surface area contributed by atoms with Crippen LogP contribution in [0.4, 0.5) is 5.69 Å². The lowest BCUT2D eigenvalue weighted by Gasteiger charge is -2.06. The highest BCUT2D eigenvalue weighted by molar-refractivity contribution is 7.21. The van der Waals surface area contributed by atoms with Crippen molar-refractivity contribution in [3.63, 3.8) is 0 Å². The van der Waals surface area contributed by atoms with Crippen LogP contribution in [-0.2, 0) is 11.2 Å². The van der Waals surface area contributed by atoms with Crippen molar-refractivity contribution >= 4 is 33.3 Å². The molecule has 0 radical (unpaired) electrons. The molecular weight excluding hydrogens is 330 g/mol. The average molecular weight is 345 g/mol. The SMILES string of the molecule is O=C(Cc1ccccc1)Nc1ccc(-c2nc3cccnc3s2)cc1. The number of carbonyl (C=O) groups is 1. The first-order chi connectivity index (χ1) is 12.3. The summed E-state index contributed by atoms with van der Waals surface area (Å²) in [6.45, 7) is 0. The molecule has 0 bridgehead atoms. The Bertz CT molecular complexity index is 977. The maximum Gasteiger partial charge on any atom is 0.228 e. The topological polar surface area (TPSA) is 54.9 Å². The van der Waals surface area contributed by atoms with Crippen LogP contribution in [-0.4, -0.2) is 15.9 Å². The zero-order chi connectivity index (χ0) is 17.1. The summed E-state index contributed by atoms with van der Waals surface area (Å²) in [6, 6.07) is 21.3. The minimum absolute atomic E-state index is 0.0249. The van der Waals surface area contributed by atoms with Crippen molar-refractivity contribution in [2.75, 3.05) is 5.32 Å². The second kappa shape index (κ2) is 6.83. The van der Waals surface area contributed by atoms with E-state index < -0.39 is 0 Å². The van der Waals surface area contributed by atoms with Crippen molar-refractivity contribution in [3.8, 4) is 10.6 Å². The second-order valence-electron chi connectivity index (χ2n) is 5.63. The number of carbonyl (C=O) groups excluding carboxylic acids is 1. The van der Waals surface area contributed by atoms with Crippen molar-refractivity contribution in [2.24, 2.45) is 0 Å². The van der Waals surface area contributed by atoms with Crippen LogP contribution in [0.3, 0.4) is 0 Å². The molecule has 122 valence electrons. The monoisotopic (exact) mass is 345 g/mol. The van der Waals surface area contributed by atoms with Crippen molar-refractivity contribution in [1.29, 1.82) is 0 Å². The van der Waals surface area contributed by atoms with E-state index in [0.29, 0.717) is 6.42 Å². The molecule has 1 N–H and O–H groups in total. The van der Waals surface area contributed by atoms with E-state index >= 15 is 0 Å². The number of fused-ring (bicyclic) bond motifs is 1. The molecule has 2 aromatic heterocycles. The molecule has 0 atom stereocenters. The number of nitrogens with zero attached hydrogens (tertiary/aromatic N) is 2. The highest BCUT2D eigenvalue weighted by Gasteiger charge is 2.08. The minimum Gasteiger partial charge on any atom is -0.326 e. The number of anilines is 1. The van der Waals surface area contributed by atoms with E-state index in [1.165, 1.54) is 0 Å². The number of hydrogen-bond acceptors (Lipinski definition) is 4. The van der Waals surface area contributed by atoms with E-state index in [1.54, 1.807) is 17.5 Å². The summed E-state index contributed by atoms with van der Waals surface area (Å²) in [5.74, 6) is -0.0249. The molecule has 0 saturated heterocycles. The molecule has 0 fully saturated rings. The van der Waals surface area contributed by atoms with Gasteiger partial charge in [-0.1, -0.05) is 41.7 Å². The lowest BCUT2D eigenvalue weighted by Crippen LogP contribution is -2.14. The summed E-state index contributed by atoms with van der Waals surface area (Å²) in [7, 11) is 0. The van der Waals surface area contributed by atoms with Crippen LogP contribution in [0.1, 0.15) is 5.56 Å². The van der Waals surface area contributed by atoms with Gasteiger partial charge in [0.05, 0.1) is 6.42 Å². The molecule has 25 heavy (non-hydrogen) atoms. The molecule has 2 aromatic carbocycles. The Morgan fingerprint density at radius 2 is 1.76 bits per heavy atom. The summed E-state index contributed by atoms with van der Waals surface area (Å²) in [4.78, 5) is 22.0. The second-order valence-corrected chi connectivity index (χ2v) is 6.61. The van der Waals surface area contributed by atoms with E-state index in [9.17, 15) is 4.79 Å². The third-order valence-electron chi connectivity index (χ3n) is 3.79. The maximum absolute atomic E-state index is 12.1. The first-order valence-corrected chi connectivity index (χ1v) is 8.75. The van der Waals surface area contributed by atoms with Gasteiger partial charge in [0.1, 0.15) is 15.4 Å². The van der Waals surface area contributed by atoms with Gasteiger partial charge in [-0.05, 0) is 42.0 Å². The lowest BCUT2D eigenvalue weighted by atomic mass is 10.1. The molecule has 5 heteroatoms. The first kappa shape index (κ1) is 15.5. The highest BCUT2D eigenvalue weighted by atomic mass is 32.1. The molecule has 4 aromatic rings. The lowest BCUT2D eigenvalue weighted by molar-refractivity contribution is -0.115. The molecule has 1 amide bonds. The number of rotatable bonds is 4. The van der Waals surface area contributed by atoms with E-state index in [2.05, 4.69) is 15.3 Å². The van der Waals surface area contributed by atoms with Gasteiger partial charge >= 0.3 is 0 Å². The van der Waals surface area contributed by atoms with Crippen LogP contribution >= 0.6 is 11.3 Å². The molecule has 0 aliphatic heterocycles. The summed E-state index contributed by atoms with van der Waals surface area (Å²) in [5, 5.41) is 3.85. The van der Waals surface area contributed by atoms with Crippen LogP contribution in [0.15, 0.2) is 72.9 Å². The highest BCUT2D eigenvalue weighted by Crippen LogP contribution is 2.29. The summed E-state index contributed by atoms with van der Waals surface area (Å²) >= 11 is 1.56. The molecule has 0 aliphatic rings. The molecule has 0 spiro atoms. The zero-order valence-electron chi connectivity index (χ0n) is 13.3. The standard InChI is InChI=1S/C20H15N3OS/c24-18(13-14-5-2-1-3-6-14)22-16-10-8-15(9-11-16)19-23-17-7-4-12-21-20(17)25-19/h1-12H,13H2,(H,22,24). The van der Waals surface area contributed by atoms with E-state index in [4.69, 9.17) is 0 Å². The van der Waals surface area contributed by atoms with Crippen molar-refractivity contribution in [3.05, 3.63) is 78.5 Å². The fourth-order valence-electron chi connectivity index (χ4n) is 2.58. The van der Waals surface area contributed by atoms with Crippen LogP contribution in [0, 0.1) is 0 Å². The van der Waals surface area contributed by atoms with Gasteiger partial charge in [-0.3, -0.25) is 4.79 Å². The number of nitrogens with one attached hydrogen (secondary N) is 1. The minimum atomic E-state index is -0.0249. The Morgan fingerprint density at radius 3 is 2.52 bits per heavy atom. The number of benzene rings is 2. The molecule has 2 heterocycles. The number of aromatic nitrogens is 2. The van der Waals surface area contributed by atoms with Crippen molar-refractivity contribution in [1.82, 2.24) is 9.97 Å². The van der Waals surface area contributed by atoms with Crippen LogP contribution < -0.4 is 5.32 Å². The molecule has 0 aliphatic carbocycles. The predicted molar refractivity (Wildman–Crippen MR) is 102 cm³/mol. The Hall–Kier alpha value is -3.05. The van der Waals surface area contributed by atoms with Crippen LogP contribution in [0.5, 0.6) is 0 Å². The fraction of sp³-hybridized carbons (Fsp3) is 0.0500. The van der Waals surface area contributed by atoms with Crippen LogP contribution in [0.2, 0.25) is 0 Å². The van der Waals surface area contributed by atoms with Gasteiger partial charge in [-0.2, -0.15) is 0 Å². The van der Waals surface area contributed by atoms with Gasteiger partial charge in [-0.25, -0.2) is 9.97 Å². The molecular formula is C20H15N3OS. The number of pyridine rings is 1. The summed E-state index contributed by atoms with van der Waals surface area (Å²) in [5.41, 5.74) is 3.70. The largest absolute Gasteiger partial charge is 0.326 e. The summed E-state index contributed by atoms with van der Waals surface area (Å²) < 4.78 is 0. The molecule has 0 saturated carbocycles. The van der Waals surface area contributed by atoms with Gasteiger partial charge in [0.2, 0.25) is 5.91 Å². The van der Waals surface area contributed by atoms with E-state index in [1.807, 2.05) is 66.7 Å². The van der Waals surface area contributed by atoms with Gasteiger partial charge < -0.3 is 5.32 Å². The molecule has 4 nitrogen and oxygen atoms in total. The predicted octanol–water partition coefficient (Wildman–Crippen LogP) is 4.54. The smallest absolute Gasteiger partial charge is 0.228 e. The average Bonchev–Trinajstić information content (AvgIpc) is 3.07. The maximum atomic E-state index is 12.1. The third-order valence-corrected chi connectivity index (χ3v) is 4.82. The van der Waals surface area contributed by atoms with Gasteiger partial charge in [0.25, 0.3) is 0 Å². The summed E-state index contributed by atoms with van der Waals surface area (Å²) in [6.07, 6.45) is 2.14. The van der Waals surface area contributed by atoms with Gasteiger partial charge in [0, 0.05) is 17.4 Å².